The molecule has 3 aromatic rings. The van der Waals surface area contributed by atoms with Crippen LogP contribution >= 0.6 is 23.1 Å². The summed E-state index contributed by atoms with van der Waals surface area (Å²) in [7, 11) is 1.33. The van der Waals surface area contributed by atoms with E-state index in [4.69, 9.17) is 4.74 Å². The van der Waals surface area contributed by atoms with Gasteiger partial charge in [0.25, 0.3) is 0 Å². The lowest BCUT2D eigenvalue weighted by Crippen LogP contribution is -2.22. The molecule has 1 amide bonds. The van der Waals surface area contributed by atoms with E-state index in [1.807, 2.05) is 24.3 Å². The second-order valence-corrected chi connectivity index (χ2v) is 8.10. The molecule has 1 heterocycles. The molecule has 5 nitrogen and oxygen atoms in total. The van der Waals surface area contributed by atoms with Crippen LogP contribution in [-0.4, -0.2) is 29.3 Å². The largest absolute Gasteiger partial charge is 0.468 e. The maximum Gasteiger partial charge on any atom is 0.325 e. The second kappa shape index (κ2) is 9.66. The molecule has 0 radical (unpaired) electrons. The first-order chi connectivity index (χ1) is 13.6. The van der Waals surface area contributed by atoms with Gasteiger partial charge in [-0.2, -0.15) is 4.99 Å². The SMILES string of the molecule is COC(=O)Cn1c(=NC(=O)CCCSc2ccc(F)cc2)sc2ccccc21. The van der Waals surface area contributed by atoms with Crippen molar-refractivity contribution in [2.75, 3.05) is 12.9 Å². The minimum absolute atomic E-state index is 0.00699. The van der Waals surface area contributed by atoms with Crippen LogP contribution in [0.15, 0.2) is 58.4 Å². The quantitative estimate of drug-likeness (QED) is 0.330. The number of esters is 1. The van der Waals surface area contributed by atoms with Gasteiger partial charge >= 0.3 is 5.97 Å². The fourth-order valence-corrected chi connectivity index (χ4v) is 4.46. The standard InChI is InChI=1S/C20H19FN2O3S2/c1-26-19(25)13-23-16-5-2-3-6-17(16)28-20(23)22-18(24)7-4-12-27-15-10-8-14(21)9-11-15/h2-3,5-6,8-11H,4,7,12-13H2,1H3. The van der Waals surface area contributed by atoms with Gasteiger partial charge in [0.2, 0.25) is 5.91 Å². The van der Waals surface area contributed by atoms with Crippen LogP contribution in [0.1, 0.15) is 12.8 Å². The molecule has 1 aromatic heterocycles. The minimum Gasteiger partial charge on any atom is -0.468 e. The van der Waals surface area contributed by atoms with E-state index in [1.54, 1.807) is 28.5 Å². The van der Waals surface area contributed by atoms with Crippen molar-refractivity contribution >= 4 is 45.2 Å². The van der Waals surface area contributed by atoms with Crippen molar-refractivity contribution < 1.29 is 18.7 Å². The normalized spacial score (nSPS) is 11.7. The maximum absolute atomic E-state index is 12.9. The third-order valence-electron chi connectivity index (χ3n) is 3.94. The molecule has 8 heteroatoms. The molecule has 146 valence electrons. The van der Waals surface area contributed by atoms with Crippen molar-refractivity contribution in [1.82, 2.24) is 4.57 Å². The molecule has 28 heavy (non-hydrogen) atoms. The van der Waals surface area contributed by atoms with Crippen LogP contribution < -0.4 is 4.80 Å². The summed E-state index contributed by atoms with van der Waals surface area (Å²) in [6.07, 6.45) is 0.965. The third kappa shape index (κ3) is 5.30. The first kappa shape index (κ1) is 20.3. The molecular weight excluding hydrogens is 399 g/mol. The van der Waals surface area contributed by atoms with Crippen LogP contribution in [0.4, 0.5) is 4.39 Å². The summed E-state index contributed by atoms with van der Waals surface area (Å²) in [5.74, 6) is -0.151. The molecule has 0 aliphatic heterocycles. The Morgan fingerprint density at radius 1 is 1.18 bits per heavy atom. The van der Waals surface area contributed by atoms with E-state index >= 15 is 0 Å². The number of halogens is 1. The number of hydrogen-bond acceptors (Lipinski definition) is 5. The number of thioether (sulfide) groups is 1. The number of thiazole rings is 1. The highest BCUT2D eigenvalue weighted by atomic mass is 32.2. The van der Waals surface area contributed by atoms with Crippen LogP contribution in [0, 0.1) is 5.82 Å². The molecule has 0 spiro atoms. The van der Waals surface area contributed by atoms with Crippen molar-refractivity contribution in [1.29, 1.82) is 0 Å². The fourth-order valence-electron chi connectivity index (χ4n) is 2.56. The highest BCUT2D eigenvalue weighted by Gasteiger charge is 2.11. The molecule has 0 aliphatic carbocycles. The van der Waals surface area contributed by atoms with Crippen LogP contribution in [0.2, 0.25) is 0 Å². The van der Waals surface area contributed by atoms with Crippen LogP contribution in [-0.2, 0) is 20.9 Å². The van der Waals surface area contributed by atoms with E-state index < -0.39 is 5.97 Å². The van der Waals surface area contributed by atoms with Crippen molar-refractivity contribution in [3.8, 4) is 0 Å². The lowest BCUT2D eigenvalue weighted by molar-refractivity contribution is -0.141. The van der Waals surface area contributed by atoms with E-state index in [0.717, 1.165) is 20.9 Å². The molecule has 3 rings (SSSR count). The van der Waals surface area contributed by atoms with Gasteiger partial charge in [0.15, 0.2) is 4.80 Å². The summed E-state index contributed by atoms with van der Waals surface area (Å²) >= 11 is 2.94. The zero-order valence-corrected chi connectivity index (χ0v) is 16.9. The molecule has 0 aliphatic rings. The average molecular weight is 419 g/mol. The number of fused-ring (bicyclic) bond motifs is 1. The number of hydrogen-bond donors (Lipinski definition) is 0. The first-order valence-corrected chi connectivity index (χ1v) is 10.5. The number of aromatic nitrogens is 1. The molecule has 0 fully saturated rings. The van der Waals surface area contributed by atoms with E-state index in [-0.39, 0.29) is 18.3 Å². The maximum atomic E-state index is 12.9. The minimum atomic E-state index is -0.395. The number of amides is 1. The number of benzene rings is 2. The van der Waals surface area contributed by atoms with Gasteiger partial charge in [-0.1, -0.05) is 23.5 Å². The number of carbonyl (C=O) groups excluding carboxylic acids is 2. The Kier molecular flexibility index (Phi) is 7.00. The monoisotopic (exact) mass is 418 g/mol. The number of nitrogens with zero attached hydrogens (tertiary/aromatic N) is 2. The highest BCUT2D eigenvalue weighted by Crippen LogP contribution is 2.20. The smallest absolute Gasteiger partial charge is 0.325 e. The molecular formula is C20H19FN2O3S2. The molecule has 0 N–H and O–H groups in total. The summed E-state index contributed by atoms with van der Waals surface area (Å²) in [6, 6.07) is 13.9. The van der Waals surface area contributed by atoms with Crippen LogP contribution in [0.5, 0.6) is 0 Å². The Balaban J connectivity index is 1.67. The van der Waals surface area contributed by atoms with Gasteiger partial charge < -0.3 is 9.30 Å². The molecule has 0 saturated carbocycles. The Morgan fingerprint density at radius 2 is 1.93 bits per heavy atom. The molecule has 0 saturated heterocycles. The fraction of sp³-hybridized carbons (Fsp3) is 0.250. The lowest BCUT2D eigenvalue weighted by atomic mass is 10.3. The first-order valence-electron chi connectivity index (χ1n) is 8.68. The topological polar surface area (TPSA) is 60.7 Å². The summed E-state index contributed by atoms with van der Waals surface area (Å²) in [6.45, 7) is 0.00699. The van der Waals surface area contributed by atoms with Crippen molar-refractivity contribution in [3.63, 3.8) is 0 Å². The number of methoxy groups -OCH3 is 1. The van der Waals surface area contributed by atoms with Crippen molar-refractivity contribution in [2.45, 2.75) is 24.3 Å². The Bertz CT molecular complexity index is 1040. The van der Waals surface area contributed by atoms with Gasteiger partial charge in [-0.05, 0) is 48.6 Å². The third-order valence-corrected chi connectivity index (χ3v) is 6.10. The van der Waals surface area contributed by atoms with Gasteiger partial charge in [0.05, 0.1) is 17.3 Å². The van der Waals surface area contributed by atoms with Gasteiger partial charge in [0.1, 0.15) is 12.4 Å². The van der Waals surface area contributed by atoms with Gasteiger partial charge in [0, 0.05) is 11.3 Å². The molecule has 2 aromatic carbocycles. The van der Waals surface area contributed by atoms with Crippen molar-refractivity contribution in [2.24, 2.45) is 4.99 Å². The van der Waals surface area contributed by atoms with Gasteiger partial charge in [-0.25, -0.2) is 4.39 Å². The van der Waals surface area contributed by atoms with E-state index in [0.29, 0.717) is 17.6 Å². The number of carbonyl (C=O) groups is 2. The summed E-state index contributed by atoms with van der Waals surface area (Å²) in [5, 5.41) is 0. The molecule has 0 unspecified atom stereocenters. The van der Waals surface area contributed by atoms with E-state index in [9.17, 15) is 14.0 Å². The van der Waals surface area contributed by atoms with E-state index in [2.05, 4.69) is 4.99 Å². The number of rotatable bonds is 7. The summed E-state index contributed by atoms with van der Waals surface area (Å²) in [5.41, 5.74) is 0.844. The van der Waals surface area contributed by atoms with Crippen LogP contribution in [0.25, 0.3) is 10.2 Å². The zero-order chi connectivity index (χ0) is 19.9. The lowest BCUT2D eigenvalue weighted by Gasteiger charge is -2.03. The molecule has 0 bridgehead atoms. The summed E-state index contributed by atoms with van der Waals surface area (Å²) < 4.78 is 20.3. The number of para-hydroxylation sites is 1. The predicted octanol–water partition coefficient (Wildman–Crippen LogP) is 4.01. The van der Waals surface area contributed by atoms with Crippen LogP contribution in [0.3, 0.4) is 0 Å². The highest BCUT2D eigenvalue weighted by molar-refractivity contribution is 7.99. The average Bonchev–Trinajstić information content (AvgIpc) is 3.03. The number of ether oxygens (including phenoxy) is 1. The Hall–Kier alpha value is -2.45. The molecule has 0 atom stereocenters. The Morgan fingerprint density at radius 3 is 2.68 bits per heavy atom. The Labute approximate surface area is 169 Å². The second-order valence-electron chi connectivity index (χ2n) is 5.93. The summed E-state index contributed by atoms with van der Waals surface area (Å²) in [4.78, 5) is 29.7. The predicted molar refractivity (Wildman–Crippen MR) is 109 cm³/mol. The van der Waals surface area contributed by atoms with Gasteiger partial charge in [-0.15, -0.1) is 11.8 Å². The zero-order valence-electron chi connectivity index (χ0n) is 15.3. The van der Waals surface area contributed by atoms with E-state index in [1.165, 1.54) is 30.6 Å². The van der Waals surface area contributed by atoms with Crippen molar-refractivity contribution in [3.05, 3.63) is 59.1 Å². The van der Waals surface area contributed by atoms with Gasteiger partial charge in [-0.3, -0.25) is 9.59 Å².